The zero-order valence-electron chi connectivity index (χ0n) is 26.2. The molecular formula is C32H54O12. The quantitative estimate of drug-likeness (QED) is 0.144. The highest BCUT2D eigenvalue weighted by Crippen LogP contribution is 2.62. The van der Waals surface area contributed by atoms with E-state index in [0.29, 0.717) is 12.5 Å². The minimum absolute atomic E-state index is 0.0197. The van der Waals surface area contributed by atoms with Gasteiger partial charge in [-0.3, -0.25) is 0 Å². The van der Waals surface area contributed by atoms with Gasteiger partial charge in [-0.05, 0) is 68.1 Å². The average Bonchev–Trinajstić information content (AvgIpc) is 2.99. The largest absolute Gasteiger partial charge is 0.394 e. The van der Waals surface area contributed by atoms with E-state index in [1.807, 2.05) is 13.0 Å². The third kappa shape index (κ3) is 7.27. The average molecular weight is 631 g/mol. The van der Waals surface area contributed by atoms with Gasteiger partial charge in [0.15, 0.2) is 12.6 Å². The van der Waals surface area contributed by atoms with Crippen LogP contribution in [0.2, 0.25) is 0 Å². The number of aliphatic hydroxyl groups excluding tert-OH is 8. The lowest BCUT2D eigenvalue weighted by molar-refractivity contribution is -0.309. The summed E-state index contributed by atoms with van der Waals surface area (Å²) < 4.78 is 22.8. The van der Waals surface area contributed by atoms with E-state index in [0.717, 1.165) is 50.5 Å². The summed E-state index contributed by atoms with van der Waals surface area (Å²) in [6.07, 6.45) is -4.51. The number of aliphatic hydroxyl groups is 8. The van der Waals surface area contributed by atoms with Crippen molar-refractivity contribution in [2.75, 3.05) is 26.4 Å². The molecule has 0 aromatic rings. The molecule has 12 heteroatoms. The van der Waals surface area contributed by atoms with Crippen molar-refractivity contribution in [3.8, 4) is 0 Å². The molecule has 2 saturated carbocycles. The third-order valence-electron chi connectivity index (χ3n) is 10.9. The van der Waals surface area contributed by atoms with Crippen LogP contribution in [-0.4, -0.2) is 129 Å². The number of hydrogen-bond acceptors (Lipinski definition) is 12. The van der Waals surface area contributed by atoms with Gasteiger partial charge in [0.05, 0.1) is 26.4 Å². The van der Waals surface area contributed by atoms with Gasteiger partial charge in [0.2, 0.25) is 0 Å². The molecule has 0 aromatic heterocycles. The second-order valence-corrected chi connectivity index (χ2v) is 13.9. The van der Waals surface area contributed by atoms with Gasteiger partial charge in [-0.15, -0.1) is 0 Å². The van der Waals surface area contributed by atoms with Gasteiger partial charge in [0.25, 0.3) is 0 Å². The SMILES string of the molecule is C=C1CCC2C(C)(COC3OC(CO)C(O)C(O)C3O)CCCC2(C)C1CCC(C)=CCOC1OC(CO)C(O)C(O)C1O. The summed E-state index contributed by atoms with van der Waals surface area (Å²) >= 11 is 0. The van der Waals surface area contributed by atoms with Crippen LogP contribution in [0, 0.1) is 22.7 Å². The summed E-state index contributed by atoms with van der Waals surface area (Å²) in [5, 5.41) is 79.9. The standard InChI is InChI=1S/C32H54O12/c1-17(10-13-41-29-27(39)25(37)23(35)20(14-33)43-29)6-8-19-18(2)7-9-22-31(3,11-5-12-32(19,22)4)16-42-30-28(40)26(38)24(36)21(15-34)44-30/h10,19-30,33-40H,2,5-9,11-16H2,1,3-4H3. The molecule has 0 spiro atoms. The van der Waals surface area contributed by atoms with E-state index in [1.165, 1.54) is 5.57 Å². The number of rotatable bonds is 11. The Morgan fingerprint density at radius 2 is 1.43 bits per heavy atom. The van der Waals surface area contributed by atoms with Crippen LogP contribution >= 0.6 is 0 Å². The fraction of sp³-hybridized carbons (Fsp3) is 0.875. The molecule has 2 heterocycles. The molecule has 0 amide bonds. The lowest BCUT2D eigenvalue weighted by Gasteiger charge is -2.59. The molecule has 4 rings (SSSR count). The summed E-state index contributed by atoms with van der Waals surface area (Å²) in [6.45, 7) is 10.5. The summed E-state index contributed by atoms with van der Waals surface area (Å²) in [6, 6.07) is 0. The maximum Gasteiger partial charge on any atom is 0.187 e. The topological polar surface area (TPSA) is 199 Å². The van der Waals surface area contributed by atoms with E-state index in [9.17, 15) is 40.9 Å². The van der Waals surface area contributed by atoms with Crippen molar-refractivity contribution in [3.05, 3.63) is 23.8 Å². The minimum atomic E-state index is -1.48. The molecule has 4 fully saturated rings. The van der Waals surface area contributed by atoms with Crippen LogP contribution in [0.15, 0.2) is 23.8 Å². The van der Waals surface area contributed by atoms with Gasteiger partial charge in [-0.2, -0.15) is 0 Å². The molecule has 0 bridgehead atoms. The highest BCUT2D eigenvalue weighted by atomic mass is 16.7. The summed E-state index contributed by atoms with van der Waals surface area (Å²) in [7, 11) is 0. The van der Waals surface area contributed by atoms with Crippen LogP contribution in [0.3, 0.4) is 0 Å². The van der Waals surface area contributed by atoms with Crippen LogP contribution in [-0.2, 0) is 18.9 Å². The van der Waals surface area contributed by atoms with E-state index < -0.39 is 74.6 Å². The fourth-order valence-electron chi connectivity index (χ4n) is 8.23. The molecule has 4 aliphatic rings. The second kappa shape index (κ2) is 14.8. The van der Waals surface area contributed by atoms with Crippen molar-refractivity contribution in [1.82, 2.24) is 0 Å². The maximum atomic E-state index is 10.5. The van der Waals surface area contributed by atoms with Crippen molar-refractivity contribution in [2.45, 2.75) is 127 Å². The maximum absolute atomic E-state index is 10.5. The monoisotopic (exact) mass is 630 g/mol. The Bertz CT molecular complexity index is 988. The molecule has 0 aromatic carbocycles. The molecule has 44 heavy (non-hydrogen) atoms. The molecule has 8 N–H and O–H groups in total. The minimum Gasteiger partial charge on any atom is -0.394 e. The van der Waals surface area contributed by atoms with Gasteiger partial charge >= 0.3 is 0 Å². The van der Waals surface area contributed by atoms with Crippen LogP contribution in [0.1, 0.15) is 65.7 Å². The van der Waals surface area contributed by atoms with Crippen molar-refractivity contribution < 1.29 is 59.8 Å². The number of ether oxygens (including phenoxy) is 4. The lowest BCUT2D eigenvalue weighted by Crippen LogP contribution is -2.60. The third-order valence-corrected chi connectivity index (χ3v) is 10.9. The highest BCUT2D eigenvalue weighted by Gasteiger charge is 2.55. The molecule has 2 aliphatic carbocycles. The smallest absolute Gasteiger partial charge is 0.187 e. The predicted molar refractivity (Wildman–Crippen MR) is 158 cm³/mol. The molecule has 14 atom stereocenters. The zero-order valence-corrected chi connectivity index (χ0v) is 26.2. The molecule has 14 unspecified atom stereocenters. The molecule has 254 valence electrons. The molecule has 2 aliphatic heterocycles. The number of allylic oxidation sites excluding steroid dienone is 2. The Morgan fingerprint density at radius 3 is 2.00 bits per heavy atom. The second-order valence-electron chi connectivity index (χ2n) is 13.9. The van der Waals surface area contributed by atoms with E-state index in [-0.39, 0.29) is 23.4 Å². The van der Waals surface area contributed by atoms with Crippen LogP contribution < -0.4 is 0 Å². The Hall–Kier alpha value is -1.00. The molecule has 2 saturated heterocycles. The van der Waals surface area contributed by atoms with E-state index >= 15 is 0 Å². The number of hydrogen-bond donors (Lipinski definition) is 8. The highest BCUT2D eigenvalue weighted by molar-refractivity contribution is 5.17. The van der Waals surface area contributed by atoms with Crippen molar-refractivity contribution >= 4 is 0 Å². The lowest BCUT2D eigenvalue weighted by atomic mass is 9.47. The van der Waals surface area contributed by atoms with E-state index in [2.05, 4.69) is 20.4 Å². The molecule has 12 nitrogen and oxygen atoms in total. The Balaban J connectivity index is 1.36. The zero-order chi connectivity index (χ0) is 32.4. The van der Waals surface area contributed by atoms with Crippen LogP contribution in [0.5, 0.6) is 0 Å². The summed E-state index contributed by atoms with van der Waals surface area (Å²) in [5.74, 6) is 0.603. The summed E-state index contributed by atoms with van der Waals surface area (Å²) in [5.41, 5.74) is 2.11. The van der Waals surface area contributed by atoms with Gasteiger partial charge in [-0.1, -0.05) is 44.1 Å². The number of fused-ring (bicyclic) bond motifs is 1. The van der Waals surface area contributed by atoms with Crippen LogP contribution in [0.4, 0.5) is 0 Å². The fourth-order valence-corrected chi connectivity index (χ4v) is 8.23. The Morgan fingerprint density at radius 1 is 0.864 bits per heavy atom. The normalized spacial score (nSPS) is 47.0. The van der Waals surface area contributed by atoms with Gasteiger partial charge in [-0.25, -0.2) is 0 Å². The van der Waals surface area contributed by atoms with Crippen molar-refractivity contribution in [2.24, 2.45) is 22.7 Å². The Kier molecular flexibility index (Phi) is 12.1. The molecule has 0 radical (unpaired) electrons. The first-order valence-electron chi connectivity index (χ1n) is 15.9. The van der Waals surface area contributed by atoms with Crippen molar-refractivity contribution in [3.63, 3.8) is 0 Å². The van der Waals surface area contributed by atoms with Crippen molar-refractivity contribution in [1.29, 1.82) is 0 Å². The van der Waals surface area contributed by atoms with E-state index in [1.54, 1.807) is 0 Å². The van der Waals surface area contributed by atoms with E-state index in [4.69, 9.17) is 18.9 Å². The first kappa shape index (κ1) is 35.8. The Labute approximate surface area is 259 Å². The first-order chi connectivity index (χ1) is 20.8. The molecular weight excluding hydrogens is 576 g/mol. The first-order valence-corrected chi connectivity index (χ1v) is 15.9. The van der Waals surface area contributed by atoms with Gasteiger partial charge in [0, 0.05) is 0 Å². The predicted octanol–water partition coefficient (Wildman–Crippen LogP) is 0.125. The van der Waals surface area contributed by atoms with Gasteiger partial charge in [0.1, 0.15) is 48.8 Å². The van der Waals surface area contributed by atoms with Crippen LogP contribution in [0.25, 0.3) is 0 Å². The van der Waals surface area contributed by atoms with Gasteiger partial charge < -0.3 is 59.8 Å². The summed E-state index contributed by atoms with van der Waals surface area (Å²) in [4.78, 5) is 0.